The van der Waals surface area contributed by atoms with Gasteiger partial charge in [-0.1, -0.05) is 272 Å². The predicted octanol–water partition coefficient (Wildman–Crippen LogP) is 24.5. The molecule has 1 nitrogen and oxygen atoms in total. The summed E-state index contributed by atoms with van der Waals surface area (Å²) in [5, 5.41) is 4.47. The monoisotopic (exact) mass is 1130 g/mol. The van der Waals surface area contributed by atoms with E-state index in [1.807, 2.05) is 0 Å². The van der Waals surface area contributed by atoms with E-state index in [2.05, 4.69) is 158 Å². The van der Waals surface area contributed by atoms with E-state index in [-0.39, 0.29) is 21.5 Å². The minimum Gasteiger partial charge on any atom is -0.456 e. The molecule has 0 saturated heterocycles. The van der Waals surface area contributed by atoms with E-state index in [1.165, 1.54) is 65.7 Å². The van der Waals surface area contributed by atoms with Crippen LogP contribution in [0.25, 0.3) is 186 Å². The van der Waals surface area contributed by atoms with Gasteiger partial charge < -0.3 is 4.42 Å². The number of furan rings is 1. The van der Waals surface area contributed by atoms with Crippen molar-refractivity contribution in [2.24, 2.45) is 0 Å². The highest BCUT2D eigenvalue weighted by atomic mass is 16.3. The second kappa shape index (κ2) is 19.6. The number of benzene rings is 18. The van der Waals surface area contributed by atoms with E-state index >= 15 is 0 Å². The van der Waals surface area contributed by atoms with E-state index in [0.29, 0.717) is 0 Å². The number of fused-ring (bicyclic) bond motifs is 6. The van der Waals surface area contributed by atoms with Crippen molar-refractivity contribution in [3.63, 3.8) is 0 Å². The van der Waals surface area contributed by atoms with Crippen molar-refractivity contribution in [2.45, 2.75) is 0 Å². The highest BCUT2D eigenvalue weighted by molar-refractivity contribution is 6.29. The molecule has 0 aliphatic rings. The Morgan fingerprint density at radius 3 is 1.29 bits per heavy atom. The minimum atomic E-state index is -1.06. The maximum atomic E-state index is 10.0. The van der Waals surface area contributed by atoms with Crippen LogP contribution in [0.3, 0.4) is 0 Å². The van der Waals surface area contributed by atoms with Gasteiger partial charge in [-0.25, -0.2) is 0 Å². The van der Waals surface area contributed by atoms with Crippen molar-refractivity contribution in [3.8, 4) is 66.8 Å². The van der Waals surface area contributed by atoms with Crippen LogP contribution in [0.1, 0.15) is 35.6 Å². The van der Waals surface area contributed by atoms with Crippen LogP contribution in [0.15, 0.2) is 319 Å². The van der Waals surface area contributed by atoms with Gasteiger partial charge in [0.2, 0.25) is 0 Å². The van der Waals surface area contributed by atoms with Gasteiger partial charge in [0.05, 0.1) is 35.6 Å². The van der Waals surface area contributed by atoms with Gasteiger partial charge in [0.15, 0.2) is 0 Å². The SMILES string of the molecule is [2H]c1c([2H])c([2H])c(-c2c([2H])c(-c3c([2H])c([2H])c4c([2H])c([2H])c5c([2H])c([2H])c([2H])c6c([2H])c([2H])c3c4c56)c([2H])c(-c3c([2H])c([2H])c4c([2H])c([2H])c5c([2H])c([2H])c([2H])c6c([2H])c([2H])c3c4c56)c2[2H])c([2H])c1[2H].c1ccc(-c2cccc(-c3c4ccccc4c(-c4cccc5oc6cc7ccccc7cc6c45)c4ccccc34)c2)cc1. The molecule has 0 bridgehead atoms. The summed E-state index contributed by atoms with van der Waals surface area (Å²) in [6, 6.07) is 34.4. The lowest BCUT2D eigenvalue weighted by Crippen LogP contribution is -1.91. The zero-order valence-corrected chi connectivity index (χ0v) is 45.4. The summed E-state index contributed by atoms with van der Waals surface area (Å²) in [5.74, 6) is 0. The van der Waals surface area contributed by atoms with Gasteiger partial charge in [0.1, 0.15) is 11.2 Å². The van der Waals surface area contributed by atoms with Gasteiger partial charge in [0, 0.05) is 10.8 Å². The standard InChI is InChI=1S/C44H26.C42H26O/c1-2-6-27(7-3-1)34-24-35(37-20-16-32-14-12-28-8-4-10-30-18-22-39(37)43(32)41(28)30)26-36(25-34)38-21-17-33-15-13-29-9-5-11-31-19-23-40(38)44(33)42(29)31;1-2-12-27(13-3-1)28-16-10-17-31(24-28)40-32-18-6-8-20-34(32)41(35-21-9-7-19-33(35)40)36-22-11-23-38-42(36)37-25-29-14-4-5-15-30(29)26-39(37)43-38/h1-26H;1-26H/i1D,2D,3D,4D,5D,6D,7D,8D,9D,10D,11D,12D,13D,14D,15D,16D,17D,18D,19D,20D,21D,22D,23D,24D,25D,26D;. The van der Waals surface area contributed by atoms with Gasteiger partial charge in [-0.05, 0) is 206 Å². The Kier molecular flexibility index (Phi) is 6.74. The van der Waals surface area contributed by atoms with Crippen LogP contribution >= 0.6 is 0 Å². The van der Waals surface area contributed by atoms with E-state index in [4.69, 9.17) is 25.0 Å². The topological polar surface area (TPSA) is 13.1 Å². The molecule has 0 saturated carbocycles. The molecule has 18 aromatic carbocycles. The molecule has 0 aliphatic heterocycles. The summed E-state index contributed by atoms with van der Waals surface area (Å²) in [7, 11) is 0. The molecule has 0 unspecified atom stereocenters. The lowest BCUT2D eigenvalue weighted by molar-refractivity contribution is 0.669. The molecule has 19 aromatic rings. The minimum absolute atomic E-state index is 0.312. The Labute approximate surface area is 539 Å². The first kappa shape index (κ1) is 29.9. The zero-order valence-electron chi connectivity index (χ0n) is 71.4. The van der Waals surface area contributed by atoms with Crippen LogP contribution < -0.4 is 0 Å². The van der Waals surface area contributed by atoms with Crippen LogP contribution in [-0.4, -0.2) is 0 Å². The largest absolute Gasteiger partial charge is 0.456 e. The lowest BCUT2D eigenvalue weighted by atomic mass is 9.84. The van der Waals surface area contributed by atoms with Crippen LogP contribution in [0.2, 0.25) is 0 Å². The lowest BCUT2D eigenvalue weighted by Gasteiger charge is -2.18. The molecule has 0 radical (unpaired) electrons. The Morgan fingerprint density at radius 1 is 0.218 bits per heavy atom. The highest BCUT2D eigenvalue weighted by Crippen LogP contribution is 2.49. The Hall–Kier alpha value is -11.4. The van der Waals surface area contributed by atoms with E-state index in [0.717, 1.165) is 21.9 Å². The first-order chi connectivity index (χ1) is 54.0. The van der Waals surface area contributed by atoms with Crippen molar-refractivity contribution in [1.82, 2.24) is 0 Å². The Morgan fingerprint density at radius 2 is 0.690 bits per heavy atom. The third-order valence-electron chi connectivity index (χ3n) is 16.4. The highest BCUT2D eigenvalue weighted by Gasteiger charge is 2.22. The molecule has 0 N–H and O–H groups in total. The van der Waals surface area contributed by atoms with Crippen LogP contribution in [0.5, 0.6) is 0 Å². The fourth-order valence-corrected chi connectivity index (χ4v) is 12.7. The summed E-state index contributed by atoms with van der Waals surface area (Å²) in [6.45, 7) is 0. The molecule has 1 heteroatoms. The molecule has 19 rings (SSSR count). The van der Waals surface area contributed by atoms with Crippen LogP contribution in [0, 0.1) is 0 Å². The maximum Gasteiger partial charge on any atom is 0.136 e. The van der Waals surface area contributed by atoms with Gasteiger partial charge in [0.25, 0.3) is 0 Å². The van der Waals surface area contributed by atoms with Crippen LogP contribution in [0.4, 0.5) is 0 Å². The molecule has 1 aromatic heterocycles. The van der Waals surface area contributed by atoms with E-state index in [9.17, 15) is 15.1 Å². The molecule has 0 atom stereocenters. The zero-order chi connectivity index (χ0) is 79.7. The van der Waals surface area contributed by atoms with Crippen molar-refractivity contribution < 1.29 is 40.1 Å². The van der Waals surface area contributed by atoms with E-state index in [1.54, 1.807) is 0 Å². The molecule has 0 spiro atoms. The van der Waals surface area contributed by atoms with E-state index < -0.39 is 234 Å². The first-order valence-corrected chi connectivity index (χ1v) is 28.0. The average Bonchev–Trinajstić information content (AvgIpc) is 1.10. The fraction of sp³-hybridized carbons (Fsp3) is 0. The smallest absolute Gasteiger partial charge is 0.136 e. The Bertz CT molecular complexity index is 7200. The second-order valence-corrected chi connectivity index (χ2v) is 21.3. The van der Waals surface area contributed by atoms with Gasteiger partial charge in [-0.15, -0.1) is 0 Å². The number of hydrogen-bond acceptors (Lipinski definition) is 1. The summed E-state index contributed by atoms with van der Waals surface area (Å²) in [6.07, 6.45) is 0. The van der Waals surface area contributed by atoms with Crippen molar-refractivity contribution in [2.75, 3.05) is 0 Å². The van der Waals surface area contributed by atoms with Gasteiger partial charge in [-0.2, -0.15) is 0 Å². The van der Waals surface area contributed by atoms with Gasteiger partial charge in [-0.3, -0.25) is 0 Å². The Balaban J connectivity index is 0.000000176. The van der Waals surface area contributed by atoms with Crippen LogP contribution in [-0.2, 0) is 0 Å². The third-order valence-corrected chi connectivity index (χ3v) is 16.4. The molecule has 0 amide bonds. The molecule has 87 heavy (non-hydrogen) atoms. The first-order valence-electron chi connectivity index (χ1n) is 41.0. The summed E-state index contributed by atoms with van der Waals surface area (Å²) in [5.41, 5.74) is 4.27. The molecular weight excluding hydrogens is 1050 g/mol. The fourth-order valence-electron chi connectivity index (χ4n) is 12.7. The molecular formula is C86H52O. The third kappa shape index (κ3) is 7.87. The van der Waals surface area contributed by atoms with Crippen molar-refractivity contribution in [1.29, 1.82) is 0 Å². The normalized spacial score (nSPS) is 16.1. The molecule has 402 valence electrons. The maximum absolute atomic E-state index is 10.0. The summed E-state index contributed by atoms with van der Waals surface area (Å²) >= 11 is 0. The van der Waals surface area contributed by atoms with Crippen molar-refractivity contribution >= 4 is 119 Å². The summed E-state index contributed by atoms with van der Waals surface area (Å²) < 4.78 is 242. The molecule has 0 aliphatic carbocycles. The average molecular weight is 1130 g/mol. The summed E-state index contributed by atoms with van der Waals surface area (Å²) in [4.78, 5) is 0. The predicted molar refractivity (Wildman–Crippen MR) is 373 cm³/mol. The number of hydrogen-bond donors (Lipinski definition) is 0. The number of rotatable bonds is 6. The van der Waals surface area contributed by atoms with Crippen molar-refractivity contribution in [3.05, 3.63) is 315 Å². The second-order valence-electron chi connectivity index (χ2n) is 21.3. The van der Waals surface area contributed by atoms with Gasteiger partial charge >= 0.3 is 0 Å². The molecule has 1 heterocycles. The molecule has 0 fully saturated rings. The quantitative estimate of drug-likeness (QED) is 0.119.